The first kappa shape index (κ1) is 11.5. The van der Waals surface area contributed by atoms with Crippen molar-refractivity contribution in [3.05, 3.63) is 0 Å². The highest BCUT2D eigenvalue weighted by Crippen LogP contribution is 2.19. The van der Waals surface area contributed by atoms with Gasteiger partial charge < -0.3 is 16.4 Å². The average molecular weight is 199 g/mol. The third-order valence-corrected chi connectivity index (χ3v) is 3.00. The third-order valence-electron chi connectivity index (χ3n) is 3.00. The van der Waals surface area contributed by atoms with Crippen LogP contribution in [0.2, 0.25) is 0 Å². The molecule has 1 aliphatic rings. The molecule has 82 valence electrons. The number of carbonyl (C=O) groups is 1. The Kier molecular flexibility index (Phi) is 3.89. The Balaban J connectivity index is 2.52. The molecule has 0 aromatic carbocycles. The lowest BCUT2D eigenvalue weighted by molar-refractivity contribution is -0.123. The number of rotatable bonds is 3. The summed E-state index contributed by atoms with van der Waals surface area (Å²) >= 11 is 0. The van der Waals surface area contributed by atoms with Gasteiger partial charge >= 0.3 is 0 Å². The molecule has 0 aromatic heterocycles. The normalized spacial score (nSPS) is 29.9. The molecule has 1 aliphatic heterocycles. The quantitative estimate of drug-likeness (QED) is 0.675. The minimum Gasteiger partial charge on any atom is -0.368 e. The number of nitrogens with two attached hydrogens (primary N) is 2. The van der Waals surface area contributed by atoms with Crippen LogP contribution in [0.1, 0.15) is 32.6 Å². The van der Waals surface area contributed by atoms with Gasteiger partial charge in [-0.15, -0.1) is 0 Å². The Morgan fingerprint density at radius 1 is 1.43 bits per heavy atom. The molecular formula is C10H21N3O. The number of carbonyl (C=O) groups excluding carboxylic acids is 1. The van der Waals surface area contributed by atoms with Crippen LogP contribution < -0.4 is 11.5 Å². The van der Waals surface area contributed by atoms with E-state index in [1.807, 2.05) is 0 Å². The molecule has 4 nitrogen and oxygen atoms in total. The molecule has 0 spiro atoms. The zero-order chi connectivity index (χ0) is 10.6. The summed E-state index contributed by atoms with van der Waals surface area (Å²) in [4.78, 5) is 13.5. The second kappa shape index (κ2) is 4.75. The third kappa shape index (κ3) is 2.69. The molecule has 0 saturated carbocycles. The Morgan fingerprint density at radius 3 is 2.71 bits per heavy atom. The van der Waals surface area contributed by atoms with Crippen LogP contribution in [-0.2, 0) is 4.79 Å². The zero-order valence-corrected chi connectivity index (χ0v) is 8.96. The van der Waals surface area contributed by atoms with E-state index in [0.29, 0.717) is 6.42 Å². The van der Waals surface area contributed by atoms with Crippen molar-refractivity contribution in [3.63, 3.8) is 0 Å². The molecule has 1 saturated heterocycles. The molecular weight excluding hydrogens is 178 g/mol. The van der Waals surface area contributed by atoms with Crippen molar-refractivity contribution in [2.75, 3.05) is 19.6 Å². The predicted molar refractivity (Wildman–Crippen MR) is 56.7 cm³/mol. The summed E-state index contributed by atoms with van der Waals surface area (Å²) in [5, 5.41) is 0. The van der Waals surface area contributed by atoms with Gasteiger partial charge in [0.15, 0.2) is 0 Å². The summed E-state index contributed by atoms with van der Waals surface area (Å²) < 4.78 is 0. The molecule has 1 amide bonds. The molecule has 1 atom stereocenters. The van der Waals surface area contributed by atoms with Crippen LogP contribution in [-0.4, -0.2) is 36.0 Å². The molecule has 4 heteroatoms. The molecule has 4 N–H and O–H groups in total. The van der Waals surface area contributed by atoms with Crippen LogP contribution in [0.5, 0.6) is 0 Å². The Hall–Kier alpha value is -0.610. The standard InChI is InChI=1S/C10H21N3O/c1-2-6-13-7-3-4-10(12,5-8-13)9(11)14/h2-8,12H2,1H3,(H2,11,14). The van der Waals surface area contributed by atoms with Crippen molar-refractivity contribution in [1.29, 1.82) is 0 Å². The van der Waals surface area contributed by atoms with Gasteiger partial charge in [0.05, 0.1) is 5.54 Å². The Morgan fingerprint density at radius 2 is 2.14 bits per heavy atom. The molecule has 0 aliphatic carbocycles. The fourth-order valence-electron chi connectivity index (χ4n) is 2.00. The summed E-state index contributed by atoms with van der Waals surface area (Å²) in [6, 6.07) is 0. The molecule has 1 unspecified atom stereocenters. The highest BCUT2D eigenvalue weighted by molar-refractivity contribution is 5.84. The van der Waals surface area contributed by atoms with Gasteiger partial charge in [0, 0.05) is 6.54 Å². The van der Waals surface area contributed by atoms with Crippen molar-refractivity contribution < 1.29 is 4.79 Å². The number of primary amides is 1. The van der Waals surface area contributed by atoms with E-state index in [9.17, 15) is 4.79 Å². The SMILES string of the molecule is CCCN1CCCC(N)(C(N)=O)CC1. The lowest BCUT2D eigenvalue weighted by atomic mass is 9.91. The van der Waals surface area contributed by atoms with E-state index in [-0.39, 0.29) is 5.91 Å². The number of hydrogen-bond donors (Lipinski definition) is 2. The van der Waals surface area contributed by atoms with Gasteiger partial charge in [-0.1, -0.05) is 6.92 Å². The van der Waals surface area contributed by atoms with Gasteiger partial charge in [-0.3, -0.25) is 4.79 Å². The fraction of sp³-hybridized carbons (Fsp3) is 0.900. The van der Waals surface area contributed by atoms with E-state index in [0.717, 1.165) is 38.9 Å². The van der Waals surface area contributed by atoms with Crippen LogP contribution in [0.25, 0.3) is 0 Å². The summed E-state index contributed by atoms with van der Waals surface area (Å²) in [5.74, 6) is -0.351. The lowest BCUT2D eigenvalue weighted by Gasteiger charge is -2.24. The second-order valence-corrected chi connectivity index (χ2v) is 4.22. The minimum absolute atomic E-state index is 0.351. The van der Waals surface area contributed by atoms with Gasteiger partial charge in [0.25, 0.3) is 0 Å². The Labute approximate surface area is 85.6 Å². The monoisotopic (exact) mass is 199 g/mol. The smallest absolute Gasteiger partial charge is 0.237 e. The van der Waals surface area contributed by atoms with Crippen molar-refractivity contribution >= 4 is 5.91 Å². The molecule has 1 heterocycles. The van der Waals surface area contributed by atoms with Gasteiger partial charge in [0.2, 0.25) is 5.91 Å². The highest BCUT2D eigenvalue weighted by atomic mass is 16.1. The summed E-state index contributed by atoms with van der Waals surface area (Å²) in [5.41, 5.74) is 10.5. The highest BCUT2D eigenvalue weighted by Gasteiger charge is 2.33. The van der Waals surface area contributed by atoms with Crippen LogP contribution >= 0.6 is 0 Å². The topological polar surface area (TPSA) is 72.3 Å². The zero-order valence-electron chi connectivity index (χ0n) is 8.96. The maximum atomic E-state index is 11.2. The fourth-order valence-corrected chi connectivity index (χ4v) is 2.00. The van der Waals surface area contributed by atoms with E-state index in [1.165, 1.54) is 0 Å². The maximum absolute atomic E-state index is 11.2. The summed E-state index contributed by atoms with van der Waals surface area (Å²) in [6.45, 7) is 5.19. The number of likely N-dealkylation sites (tertiary alicyclic amines) is 1. The van der Waals surface area contributed by atoms with Gasteiger partial charge in [-0.2, -0.15) is 0 Å². The van der Waals surface area contributed by atoms with Gasteiger partial charge in [-0.25, -0.2) is 0 Å². The number of nitrogens with zero attached hydrogens (tertiary/aromatic N) is 1. The first-order valence-electron chi connectivity index (χ1n) is 5.39. The van der Waals surface area contributed by atoms with Crippen molar-refractivity contribution in [2.45, 2.75) is 38.1 Å². The maximum Gasteiger partial charge on any atom is 0.237 e. The van der Waals surface area contributed by atoms with Crippen LogP contribution in [0, 0.1) is 0 Å². The van der Waals surface area contributed by atoms with E-state index < -0.39 is 5.54 Å². The first-order chi connectivity index (χ1) is 6.58. The van der Waals surface area contributed by atoms with Crippen molar-refractivity contribution in [2.24, 2.45) is 11.5 Å². The number of hydrogen-bond acceptors (Lipinski definition) is 3. The largest absolute Gasteiger partial charge is 0.368 e. The summed E-state index contributed by atoms with van der Waals surface area (Å²) in [7, 11) is 0. The average Bonchev–Trinajstić information content (AvgIpc) is 2.30. The molecule has 14 heavy (non-hydrogen) atoms. The number of amides is 1. The second-order valence-electron chi connectivity index (χ2n) is 4.22. The minimum atomic E-state index is -0.761. The van der Waals surface area contributed by atoms with Crippen LogP contribution in [0.4, 0.5) is 0 Å². The van der Waals surface area contributed by atoms with Crippen molar-refractivity contribution in [3.8, 4) is 0 Å². The molecule has 1 rings (SSSR count). The van der Waals surface area contributed by atoms with Crippen LogP contribution in [0.15, 0.2) is 0 Å². The van der Waals surface area contributed by atoms with Crippen molar-refractivity contribution in [1.82, 2.24) is 4.90 Å². The lowest BCUT2D eigenvalue weighted by Crippen LogP contribution is -2.52. The van der Waals surface area contributed by atoms with E-state index in [2.05, 4.69) is 11.8 Å². The van der Waals surface area contributed by atoms with Gasteiger partial charge in [-0.05, 0) is 38.8 Å². The molecule has 0 bridgehead atoms. The van der Waals surface area contributed by atoms with E-state index >= 15 is 0 Å². The molecule has 1 fully saturated rings. The summed E-state index contributed by atoms with van der Waals surface area (Å²) in [6.07, 6.45) is 3.54. The predicted octanol–water partition coefficient (Wildman–Crippen LogP) is 0.0651. The van der Waals surface area contributed by atoms with E-state index in [1.54, 1.807) is 0 Å². The van der Waals surface area contributed by atoms with Gasteiger partial charge in [0.1, 0.15) is 0 Å². The van der Waals surface area contributed by atoms with E-state index in [4.69, 9.17) is 11.5 Å². The molecule has 0 radical (unpaired) electrons. The van der Waals surface area contributed by atoms with Crippen LogP contribution in [0.3, 0.4) is 0 Å². The Bertz CT molecular complexity index is 208. The first-order valence-corrected chi connectivity index (χ1v) is 5.39. The molecule has 0 aromatic rings.